The lowest BCUT2D eigenvalue weighted by Crippen LogP contribution is -2.05. The molecule has 0 radical (unpaired) electrons. The Morgan fingerprint density at radius 3 is 2.94 bits per heavy atom. The molecule has 17 heavy (non-hydrogen) atoms. The molecule has 7 heteroatoms. The summed E-state index contributed by atoms with van der Waals surface area (Å²) >= 11 is 0. The number of aromatic nitrogens is 5. The van der Waals surface area contributed by atoms with E-state index in [0.29, 0.717) is 19.0 Å². The summed E-state index contributed by atoms with van der Waals surface area (Å²) < 4.78 is 6.82. The Hall–Kier alpha value is -1.76. The van der Waals surface area contributed by atoms with E-state index < -0.39 is 0 Å². The normalized spacial score (nSPS) is 11.3. The van der Waals surface area contributed by atoms with Crippen LogP contribution in [0.5, 0.6) is 0 Å². The van der Waals surface area contributed by atoms with Crippen molar-refractivity contribution in [3.8, 4) is 0 Å². The molecule has 0 aliphatic carbocycles. The second kappa shape index (κ2) is 5.05. The summed E-state index contributed by atoms with van der Waals surface area (Å²) in [5, 5.41) is 14.9. The van der Waals surface area contributed by atoms with Crippen molar-refractivity contribution in [1.82, 2.24) is 30.5 Å². The van der Waals surface area contributed by atoms with Crippen LogP contribution >= 0.6 is 0 Å². The van der Waals surface area contributed by atoms with Crippen molar-refractivity contribution in [2.45, 2.75) is 32.9 Å². The van der Waals surface area contributed by atoms with E-state index in [1.807, 2.05) is 27.1 Å². The summed E-state index contributed by atoms with van der Waals surface area (Å²) in [5.41, 5.74) is 0.885. The summed E-state index contributed by atoms with van der Waals surface area (Å²) in [5.74, 6) is 1.54. The highest BCUT2D eigenvalue weighted by molar-refractivity contribution is 4.95. The van der Waals surface area contributed by atoms with Crippen molar-refractivity contribution in [1.29, 1.82) is 0 Å². The molecule has 0 aliphatic rings. The molecule has 2 aromatic rings. The Balaban J connectivity index is 2.03. The Bertz CT molecular complexity index is 475. The lowest BCUT2D eigenvalue weighted by molar-refractivity contribution is 0.358. The summed E-state index contributed by atoms with van der Waals surface area (Å²) in [6.45, 7) is 5.20. The van der Waals surface area contributed by atoms with Crippen LogP contribution in [0.15, 0.2) is 10.7 Å². The van der Waals surface area contributed by atoms with Gasteiger partial charge in [-0.1, -0.05) is 24.2 Å². The van der Waals surface area contributed by atoms with Crippen LogP contribution in [-0.4, -0.2) is 32.2 Å². The van der Waals surface area contributed by atoms with Gasteiger partial charge in [0.05, 0.1) is 11.9 Å². The third-order valence-corrected chi connectivity index (χ3v) is 2.24. The van der Waals surface area contributed by atoms with Crippen molar-refractivity contribution < 1.29 is 4.52 Å². The van der Waals surface area contributed by atoms with Crippen LogP contribution in [0.1, 0.15) is 37.2 Å². The van der Waals surface area contributed by atoms with E-state index in [4.69, 9.17) is 4.52 Å². The predicted molar refractivity (Wildman–Crippen MR) is 60.3 cm³/mol. The molecule has 92 valence electrons. The highest BCUT2D eigenvalue weighted by Crippen LogP contribution is 2.10. The average molecular weight is 236 g/mol. The van der Waals surface area contributed by atoms with Gasteiger partial charge in [0.1, 0.15) is 6.54 Å². The SMILES string of the molecule is CNCc1cn(Cc2nc(C(C)C)no2)nn1. The minimum Gasteiger partial charge on any atom is -0.337 e. The summed E-state index contributed by atoms with van der Waals surface area (Å²) in [6, 6.07) is 0. The lowest BCUT2D eigenvalue weighted by atomic mass is 10.2. The van der Waals surface area contributed by atoms with Gasteiger partial charge >= 0.3 is 0 Å². The van der Waals surface area contributed by atoms with Crippen LogP contribution < -0.4 is 5.32 Å². The maximum absolute atomic E-state index is 5.13. The average Bonchev–Trinajstić information content (AvgIpc) is 2.89. The largest absolute Gasteiger partial charge is 0.337 e. The van der Waals surface area contributed by atoms with Crippen LogP contribution in [0.2, 0.25) is 0 Å². The van der Waals surface area contributed by atoms with Crippen LogP contribution in [0.25, 0.3) is 0 Å². The molecule has 2 rings (SSSR count). The molecular weight excluding hydrogens is 220 g/mol. The highest BCUT2D eigenvalue weighted by atomic mass is 16.5. The second-order valence-corrected chi connectivity index (χ2v) is 4.14. The van der Waals surface area contributed by atoms with E-state index in [9.17, 15) is 0 Å². The molecule has 0 atom stereocenters. The fraction of sp³-hybridized carbons (Fsp3) is 0.600. The smallest absolute Gasteiger partial charge is 0.248 e. The Kier molecular flexibility index (Phi) is 3.48. The molecule has 1 N–H and O–H groups in total. The quantitative estimate of drug-likeness (QED) is 0.816. The van der Waals surface area contributed by atoms with Gasteiger partial charge in [0.25, 0.3) is 0 Å². The van der Waals surface area contributed by atoms with Crippen LogP contribution in [-0.2, 0) is 13.1 Å². The van der Waals surface area contributed by atoms with Gasteiger partial charge in [0.2, 0.25) is 5.89 Å². The highest BCUT2D eigenvalue weighted by Gasteiger charge is 2.10. The van der Waals surface area contributed by atoms with Gasteiger partial charge in [-0.05, 0) is 7.05 Å². The molecule has 0 saturated carbocycles. The van der Waals surface area contributed by atoms with Crippen molar-refractivity contribution in [3.63, 3.8) is 0 Å². The number of hydrogen-bond acceptors (Lipinski definition) is 6. The van der Waals surface area contributed by atoms with E-state index in [1.54, 1.807) is 4.68 Å². The summed E-state index contributed by atoms with van der Waals surface area (Å²) in [7, 11) is 1.87. The molecule has 0 aromatic carbocycles. The van der Waals surface area contributed by atoms with E-state index in [1.165, 1.54) is 0 Å². The van der Waals surface area contributed by atoms with Crippen LogP contribution in [0.4, 0.5) is 0 Å². The van der Waals surface area contributed by atoms with Gasteiger partial charge < -0.3 is 9.84 Å². The summed E-state index contributed by atoms with van der Waals surface area (Å²) in [6.07, 6.45) is 1.86. The monoisotopic (exact) mass is 236 g/mol. The third-order valence-electron chi connectivity index (χ3n) is 2.24. The third kappa shape index (κ3) is 2.88. The molecule has 0 fully saturated rings. The summed E-state index contributed by atoms with van der Waals surface area (Å²) in [4.78, 5) is 4.28. The molecular formula is C10H16N6O. The van der Waals surface area contributed by atoms with Gasteiger partial charge in [0.15, 0.2) is 5.82 Å². The molecule has 0 saturated heterocycles. The first kappa shape index (κ1) is 11.7. The molecule has 2 heterocycles. The molecule has 7 nitrogen and oxygen atoms in total. The van der Waals surface area contributed by atoms with Gasteiger partial charge in [-0.25, -0.2) is 4.68 Å². The number of nitrogens with zero attached hydrogens (tertiary/aromatic N) is 5. The molecule has 0 amide bonds. The van der Waals surface area contributed by atoms with E-state index in [2.05, 4.69) is 25.8 Å². The van der Waals surface area contributed by atoms with Crippen molar-refractivity contribution >= 4 is 0 Å². The first-order valence-corrected chi connectivity index (χ1v) is 5.55. The maximum Gasteiger partial charge on any atom is 0.248 e. The Morgan fingerprint density at radius 2 is 2.29 bits per heavy atom. The van der Waals surface area contributed by atoms with E-state index in [0.717, 1.165) is 11.5 Å². The van der Waals surface area contributed by atoms with Crippen molar-refractivity contribution in [3.05, 3.63) is 23.6 Å². The molecule has 0 bridgehead atoms. The minimum absolute atomic E-state index is 0.267. The minimum atomic E-state index is 0.267. The number of hydrogen-bond donors (Lipinski definition) is 1. The molecule has 2 aromatic heterocycles. The maximum atomic E-state index is 5.13. The Labute approximate surface area is 99.2 Å². The fourth-order valence-electron chi connectivity index (χ4n) is 1.38. The zero-order valence-electron chi connectivity index (χ0n) is 10.2. The topological polar surface area (TPSA) is 81.7 Å². The zero-order chi connectivity index (χ0) is 12.3. The van der Waals surface area contributed by atoms with Gasteiger partial charge in [-0.15, -0.1) is 5.10 Å². The molecule has 0 aliphatic heterocycles. The Morgan fingerprint density at radius 1 is 1.47 bits per heavy atom. The van der Waals surface area contributed by atoms with E-state index >= 15 is 0 Å². The first-order chi connectivity index (χ1) is 8.19. The first-order valence-electron chi connectivity index (χ1n) is 5.55. The predicted octanol–water partition coefficient (Wildman–Crippen LogP) is 0.552. The zero-order valence-corrected chi connectivity index (χ0v) is 10.2. The van der Waals surface area contributed by atoms with Crippen molar-refractivity contribution in [2.24, 2.45) is 0 Å². The van der Waals surface area contributed by atoms with Crippen molar-refractivity contribution in [2.75, 3.05) is 7.05 Å². The number of rotatable bonds is 5. The van der Waals surface area contributed by atoms with Crippen LogP contribution in [0.3, 0.4) is 0 Å². The number of nitrogens with one attached hydrogen (secondary N) is 1. The van der Waals surface area contributed by atoms with Crippen LogP contribution in [0, 0.1) is 0 Å². The fourth-order valence-corrected chi connectivity index (χ4v) is 1.38. The second-order valence-electron chi connectivity index (χ2n) is 4.14. The van der Waals surface area contributed by atoms with Gasteiger partial charge in [-0.2, -0.15) is 4.98 Å². The lowest BCUT2D eigenvalue weighted by Gasteiger charge is -1.94. The van der Waals surface area contributed by atoms with Gasteiger partial charge in [-0.3, -0.25) is 0 Å². The van der Waals surface area contributed by atoms with E-state index in [-0.39, 0.29) is 5.92 Å². The molecule has 0 spiro atoms. The van der Waals surface area contributed by atoms with Gasteiger partial charge in [0, 0.05) is 12.5 Å². The molecule has 0 unspecified atom stereocenters. The standard InChI is InChI=1S/C10H16N6O/c1-7(2)10-12-9(17-14-10)6-16-5-8(4-11-3)13-15-16/h5,7,11H,4,6H2,1-3H3.